The summed E-state index contributed by atoms with van der Waals surface area (Å²) in [5.74, 6) is 2.53. The molecule has 198 valence electrons. The van der Waals surface area contributed by atoms with Crippen molar-refractivity contribution in [3.8, 4) is 39.9 Å². The summed E-state index contributed by atoms with van der Waals surface area (Å²) in [6, 6.07) is 22.9. The molecule has 1 N–H and O–H groups in total. The maximum absolute atomic E-state index is 12.5. The number of carbonyl (C=O) groups is 1. The van der Waals surface area contributed by atoms with Gasteiger partial charge in [0.15, 0.2) is 16.6 Å². The van der Waals surface area contributed by atoms with E-state index in [9.17, 15) is 4.79 Å². The fourth-order valence-corrected chi connectivity index (χ4v) is 4.50. The lowest BCUT2D eigenvalue weighted by Gasteiger charge is -2.11. The molecule has 0 atom stereocenters. The van der Waals surface area contributed by atoms with Crippen molar-refractivity contribution in [3.63, 3.8) is 0 Å². The summed E-state index contributed by atoms with van der Waals surface area (Å²) < 4.78 is 22.0. The van der Waals surface area contributed by atoms with Crippen molar-refractivity contribution in [1.82, 2.24) is 15.1 Å². The zero-order valence-electron chi connectivity index (χ0n) is 21.4. The van der Waals surface area contributed by atoms with Crippen molar-refractivity contribution >= 4 is 22.4 Å². The first kappa shape index (κ1) is 25.9. The Kier molecular flexibility index (Phi) is 8.13. The molecular weight excluding hydrogens is 516 g/mol. The Morgan fingerprint density at radius 3 is 2.49 bits per heavy atom. The molecule has 5 aromatic rings. The lowest BCUT2D eigenvalue weighted by atomic mass is 10.2. The predicted molar refractivity (Wildman–Crippen MR) is 148 cm³/mol. The van der Waals surface area contributed by atoms with Crippen LogP contribution in [0.3, 0.4) is 0 Å². The molecule has 0 aliphatic heterocycles. The number of nitrogens with one attached hydrogen (secondary N) is 1. The van der Waals surface area contributed by atoms with Crippen LogP contribution in [0.15, 0.2) is 82.7 Å². The second kappa shape index (κ2) is 12.2. The maximum Gasteiger partial charge on any atom is 0.227 e. The van der Waals surface area contributed by atoms with Gasteiger partial charge >= 0.3 is 0 Å². The number of aromatic nitrogens is 3. The van der Waals surface area contributed by atoms with Gasteiger partial charge in [0, 0.05) is 29.3 Å². The fraction of sp³-hybridized carbons (Fsp3) is 0.172. The Morgan fingerprint density at radius 2 is 1.72 bits per heavy atom. The van der Waals surface area contributed by atoms with Crippen LogP contribution in [0, 0.1) is 0 Å². The molecule has 0 radical (unpaired) electrons. The third-order valence-corrected chi connectivity index (χ3v) is 6.59. The van der Waals surface area contributed by atoms with Crippen LogP contribution in [0.4, 0.5) is 5.13 Å². The highest BCUT2D eigenvalue weighted by atomic mass is 32.1. The van der Waals surface area contributed by atoms with Gasteiger partial charge < -0.3 is 24.1 Å². The number of anilines is 1. The molecule has 0 unspecified atom stereocenters. The first-order valence-electron chi connectivity index (χ1n) is 12.2. The summed E-state index contributed by atoms with van der Waals surface area (Å²) in [7, 11) is 3.20. The molecule has 0 bridgehead atoms. The second-order valence-corrected chi connectivity index (χ2v) is 9.32. The Morgan fingerprint density at radius 1 is 0.923 bits per heavy atom. The Balaban J connectivity index is 1.15. The topological polar surface area (TPSA) is 109 Å². The number of thiazole rings is 1. The minimum Gasteiger partial charge on any atom is -0.497 e. The summed E-state index contributed by atoms with van der Waals surface area (Å²) in [5, 5.41) is 9.32. The molecule has 9 nitrogen and oxygen atoms in total. The molecule has 0 saturated heterocycles. The molecular formula is C29H26N4O5S. The number of nitrogens with zero attached hydrogens (tertiary/aromatic N) is 3. The normalized spacial score (nSPS) is 10.7. The van der Waals surface area contributed by atoms with Crippen molar-refractivity contribution in [2.45, 2.75) is 19.4 Å². The maximum atomic E-state index is 12.5. The first-order valence-corrected chi connectivity index (χ1v) is 13.1. The Bertz CT molecular complexity index is 1530. The van der Waals surface area contributed by atoms with E-state index in [1.54, 1.807) is 20.3 Å². The van der Waals surface area contributed by atoms with Crippen LogP contribution in [0.2, 0.25) is 0 Å². The predicted octanol–water partition coefficient (Wildman–Crippen LogP) is 6.03. The summed E-state index contributed by atoms with van der Waals surface area (Å²) in [5.41, 5.74) is 3.50. The van der Waals surface area contributed by atoms with Gasteiger partial charge in [-0.05, 0) is 48.0 Å². The van der Waals surface area contributed by atoms with Crippen molar-refractivity contribution in [1.29, 1.82) is 0 Å². The van der Waals surface area contributed by atoms with Gasteiger partial charge in [-0.2, -0.15) is 4.98 Å². The summed E-state index contributed by atoms with van der Waals surface area (Å²) in [6.07, 6.45) is 0.472. The van der Waals surface area contributed by atoms with E-state index >= 15 is 0 Å². The highest BCUT2D eigenvalue weighted by molar-refractivity contribution is 7.14. The van der Waals surface area contributed by atoms with Gasteiger partial charge in [-0.15, -0.1) is 11.3 Å². The van der Waals surface area contributed by atoms with Crippen LogP contribution in [0.25, 0.3) is 22.6 Å². The monoisotopic (exact) mass is 542 g/mol. The molecule has 3 aromatic carbocycles. The molecule has 1 amide bonds. The Labute approximate surface area is 229 Å². The minimum atomic E-state index is -0.188. The van der Waals surface area contributed by atoms with Gasteiger partial charge in [0.05, 0.1) is 19.9 Å². The van der Waals surface area contributed by atoms with E-state index in [1.807, 2.05) is 72.1 Å². The van der Waals surface area contributed by atoms with Gasteiger partial charge in [-0.3, -0.25) is 4.79 Å². The molecule has 0 aliphatic carbocycles. The highest BCUT2D eigenvalue weighted by Crippen LogP contribution is 2.32. The van der Waals surface area contributed by atoms with Gasteiger partial charge in [-0.25, -0.2) is 4.98 Å². The number of benzene rings is 3. The SMILES string of the molecule is COc1ccc(-c2csc(NC(=O)CCc3nc(-c4ccc(OCc5ccccc5)c(OC)c4)no3)n2)cc1. The van der Waals surface area contributed by atoms with Crippen LogP contribution in [-0.2, 0) is 17.8 Å². The average molecular weight is 543 g/mol. The van der Waals surface area contributed by atoms with Crippen LogP contribution in [-0.4, -0.2) is 35.3 Å². The molecule has 0 aliphatic rings. The van der Waals surface area contributed by atoms with E-state index in [1.165, 1.54) is 11.3 Å². The quantitative estimate of drug-likeness (QED) is 0.216. The minimum absolute atomic E-state index is 0.175. The summed E-state index contributed by atoms with van der Waals surface area (Å²) >= 11 is 1.36. The van der Waals surface area contributed by atoms with Crippen molar-refractivity contribution in [3.05, 3.63) is 89.6 Å². The third kappa shape index (κ3) is 6.60. The molecule has 39 heavy (non-hydrogen) atoms. The van der Waals surface area contributed by atoms with E-state index in [0.29, 0.717) is 46.9 Å². The number of rotatable bonds is 11. The van der Waals surface area contributed by atoms with E-state index < -0.39 is 0 Å². The second-order valence-electron chi connectivity index (χ2n) is 8.47. The van der Waals surface area contributed by atoms with E-state index in [-0.39, 0.29) is 12.3 Å². The summed E-state index contributed by atoms with van der Waals surface area (Å²) in [6.45, 7) is 0.425. The average Bonchev–Trinajstić information content (AvgIpc) is 3.65. The molecule has 0 fully saturated rings. The lowest BCUT2D eigenvalue weighted by Crippen LogP contribution is -2.12. The lowest BCUT2D eigenvalue weighted by molar-refractivity contribution is -0.116. The first-order chi connectivity index (χ1) is 19.1. The highest BCUT2D eigenvalue weighted by Gasteiger charge is 2.15. The third-order valence-electron chi connectivity index (χ3n) is 5.83. The van der Waals surface area contributed by atoms with Crippen LogP contribution in [0.5, 0.6) is 17.2 Å². The molecule has 10 heteroatoms. The van der Waals surface area contributed by atoms with Gasteiger partial charge in [0.25, 0.3) is 0 Å². The molecule has 2 aromatic heterocycles. The van der Waals surface area contributed by atoms with Crippen LogP contribution >= 0.6 is 11.3 Å². The number of methoxy groups -OCH3 is 2. The van der Waals surface area contributed by atoms with Crippen molar-refractivity contribution in [2.24, 2.45) is 0 Å². The van der Waals surface area contributed by atoms with Crippen LogP contribution < -0.4 is 19.5 Å². The van der Waals surface area contributed by atoms with E-state index in [2.05, 4.69) is 20.4 Å². The number of hydrogen-bond donors (Lipinski definition) is 1. The van der Waals surface area contributed by atoms with Crippen LogP contribution in [0.1, 0.15) is 17.9 Å². The zero-order chi connectivity index (χ0) is 27.0. The fourth-order valence-electron chi connectivity index (χ4n) is 3.76. The standard InChI is InChI=1S/C29H26N4O5S/c1-35-22-11-8-20(9-12-22)23-18-39-29(30-23)31-26(34)14-15-27-32-28(33-38-27)21-10-13-24(25(16-21)36-2)37-17-19-6-4-3-5-7-19/h3-13,16,18H,14-15,17H2,1-2H3,(H,30,31,34). The number of carbonyl (C=O) groups excluding carboxylic acids is 1. The van der Waals surface area contributed by atoms with Crippen molar-refractivity contribution in [2.75, 3.05) is 19.5 Å². The molecule has 5 rings (SSSR count). The molecule has 2 heterocycles. The smallest absolute Gasteiger partial charge is 0.227 e. The number of hydrogen-bond acceptors (Lipinski definition) is 9. The van der Waals surface area contributed by atoms with E-state index in [4.69, 9.17) is 18.7 Å². The number of aryl methyl sites for hydroxylation is 1. The van der Waals surface area contributed by atoms with Gasteiger partial charge in [0.2, 0.25) is 17.6 Å². The summed E-state index contributed by atoms with van der Waals surface area (Å²) in [4.78, 5) is 21.4. The molecule has 0 saturated carbocycles. The Hall–Kier alpha value is -4.70. The van der Waals surface area contributed by atoms with E-state index in [0.717, 1.165) is 22.6 Å². The number of amides is 1. The number of ether oxygens (including phenoxy) is 3. The van der Waals surface area contributed by atoms with Gasteiger partial charge in [-0.1, -0.05) is 35.5 Å². The molecule has 0 spiro atoms. The van der Waals surface area contributed by atoms with Gasteiger partial charge in [0.1, 0.15) is 12.4 Å². The zero-order valence-corrected chi connectivity index (χ0v) is 22.2. The van der Waals surface area contributed by atoms with Crippen molar-refractivity contribution < 1.29 is 23.5 Å². The largest absolute Gasteiger partial charge is 0.497 e.